The van der Waals surface area contributed by atoms with Gasteiger partial charge in [0.2, 0.25) is 0 Å². The smallest absolute Gasteiger partial charge is 0.179 e. The van der Waals surface area contributed by atoms with Crippen LogP contribution in [0.1, 0.15) is 22.8 Å². The SMILES string of the molecule is Cc1cc(F)c(Cl)cc1C(=O)C(C)N. The van der Waals surface area contributed by atoms with E-state index in [0.29, 0.717) is 11.1 Å². The van der Waals surface area contributed by atoms with Crippen LogP contribution in [0.3, 0.4) is 0 Å². The lowest BCUT2D eigenvalue weighted by molar-refractivity contribution is 0.0967. The quantitative estimate of drug-likeness (QED) is 0.770. The fourth-order valence-corrected chi connectivity index (χ4v) is 1.32. The summed E-state index contributed by atoms with van der Waals surface area (Å²) >= 11 is 5.57. The van der Waals surface area contributed by atoms with E-state index in [1.807, 2.05) is 0 Å². The fourth-order valence-electron chi connectivity index (χ4n) is 1.16. The van der Waals surface area contributed by atoms with E-state index < -0.39 is 11.9 Å². The first-order valence-electron chi connectivity index (χ1n) is 4.19. The third-order valence-corrected chi connectivity index (χ3v) is 2.24. The van der Waals surface area contributed by atoms with Crippen LogP contribution in [-0.2, 0) is 0 Å². The van der Waals surface area contributed by atoms with Gasteiger partial charge >= 0.3 is 0 Å². The van der Waals surface area contributed by atoms with Gasteiger partial charge in [0, 0.05) is 5.56 Å². The van der Waals surface area contributed by atoms with Crippen LogP contribution in [-0.4, -0.2) is 11.8 Å². The van der Waals surface area contributed by atoms with Crippen LogP contribution < -0.4 is 5.73 Å². The lowest BCUT2D eigenvalue weighted by Gasteiger charge is -2.08. The lowest BCUT2D eigenvalue weighted by Crippen LogP contribution is -2.27. The summed E-state index contributed by atoms with van der Waals surface area (Å²) in [5.41, 5.74) is 6.37. The first-order valence-corrected chi connectivity index (χ1v) is 4.56. The predicted molar refractivity (Wildman–Crippen MR) is 54.1 cm³/mol. The summed E-state index contributed by atoms with van der Waals surface area (Å²) in [5, 5.41) is -0.0559. The summed E-state index contributed by atoms with van der Waals surface area (Å²) in [7, 11) is 0. The van der Waals surface area contributed by atoms with Crippen molar-refractivity contribution in [3.63, 3.8) is 0 Å². The van der Waals surface area contributed by atoms with Gasteiger partial charge in [-0.25, -0.2) is 4.39 Å². The van der Waals surface area contributed by atoms with Crippen LogP contribution >= 0.6 is 11.6 Å². The van der Waals surface area contributed by atoms with Crippen LogP contribution in [0.2, 0.25) is 5.02 Å². The van der Waals surface area contributed by atoms with E-state index in [-0.39, 0.29) is 10.8 Å². The van der Waals surface area contributed by atoms with Crippen molar-refractivity contribution < 1.29 is 9.18 Å². The molecule has 14 heavy (non-hydrogen) atoms. The standard InChI is InChI=1S/C10H11ClFNO/c1-5-3-9(12)8(11)4-7(5)10(14)6(2)13/h3-4,6H,13H2,1-2H3. The Morgan fingerprint density at radius 1 is 1.57 bits per heavy atom. The van der Waals surface area contributed by atoms with Crippen molar-refractivity contribution in [3.8, 4) is 0 Å². The highest BCUT2D eigenvalue weighted by atomic mass is 35.5. The minimum absolute atomic E-state index is 0.0559. The third kappa shape index (κ3) is 2.11. The molecule has 0 bridgehead atoms. The van der Waals surface area contributed by atoms with Gasteiger partial charge in [0.1, 0.15) is 5.82 Å². The van der Waals surface area contributed by atoms with Crippen molar-refractivity contribution >= 4 is 17.4 Å². The van der Waals surface area contributed by atoms with Gasteiger partial charge in [-0.1, -0.05) is 11.6 Å². The average Bonchev–Trinajstić information content (AvgIpc) is 2.10. The number of carbonyl (C=O) groups is 1. The molecule has 1 aromatic rings. The molecule has 2 nitrogen and oxygen atoms in total. The zero-order valence-corrected chi connectivity index (χ0v) is 8.73. The van der Waals surface area contributed by atoms with Gasteiger partial charge in [0.25, 0.3) is 0 Å². The Morgan fingerprint density at radius 3 is 2.64 bits per heavy atom. The van der Waals surface area contributed by atoms with Crippen LogP contribution in [0.25, 0.3) is 0 Å². The van der Waals surface area contributed by atoms with Gasteiger partial charge in [-0.3, -0.25) is 4.79 Å². The third-order valence-electron chi connectivity index (χ3n) is 1.95. The summed E-state index contributed by atoms with van der Waals surface area (Å²) < 4.78 is 12.9. The molecule has 0 spiro atoms. The van der Waals surface area contributed by atoms with E-state index in [9.17, 15) is 9.18 Å². The van der Waals surface area contributed by atoms with Crippen molar-refractivity contribution in [2.75, 3.05) is 0 Å². The number of benzene rings is 1. The minimum atomic E-state index is -0.602. The number of Topliss-reactive ketones (excluding diaryl/α,β-unsaturated/α-hetero) is 1. The Bertz CT molecular complexity index is 377. The number of aryl methyl sites for hydroxylation is 1. The number of ketones is 1. The van der Waals surface area contributed by atoms with Gasteiger partial charge < -0.3 is 5.73 Å². The van der Waals surface area contributed by atoms with E-state index in [1.54, 1.807) is 13.8 Å². The van der Waals surface area contributed by atoms with Crippen molar-refractivity contribution in [2.45, 2.75) is 19.9 Å². The number of nitrogens with two attached hydrogens (primary N) is 1. The Morgan fingerprint density at radius 2 is 2.14 bits per heavy atom. The van der Waals surface area contributed by atoms with E-state index in [1.165, 1.54) is 12.1 Å². The summed E-state index contributed by atoms with van der Waals surface area (Å²) in [5.74, 6) is -0.755. The Labute approximate surface area is 86.9 Å². The van der Waals surface area contributed by atoms with Crippen LogP contribution in [0.5, 0.6) is 0 Å². The van der Waals surface area contributed by atoms with Crippen molar-refractivity contribution in [1.29, 1.82) is 0 Å². The second-order valence-corrected chi connectivity index (χ2v) is 3.64. The van der Waals surface area contributed by atoms with Crippen molar-refractivity contribution in [2.24, 2.45) is 5.73 Å². The molecule has 1 unspecified atom stereocenters. The van der Waals surface area contributed by atoms with Gasteiger partial charge in [-0.05, 0) is 31.5 Å². The minimum Gasteiger partial charge on any atom is -0.321 e. The maximum Gasteiger partial charge on any atom is 0.179 e. The maximum atomic E-state index is 12.9. The summed E-state index contributed by atoms with van der Waals surface area (Å²) in [6, 6.07) is 1.95. The Kier molecular flexibility index (Phi) is 3.24. The van der Waals surface area contributed by atoms with Crippen molar-refractivity contribution in [3.05, 3.63) is 34.1 Å². The van der Waals surface area contributed by atoms with Crippen LogP contribution in [0, 0.1) is 12.7 Å². The molecule has 1 aromatic carbocycles. The molecular weight excluding hydrogens is 205 g/mol. The number of hydrogen-bond acceptors (Lipinski definition) is 2. The van der Waals surface area contributed by atoms with Gasteiger partial charge in [-0.15, -0.1) is 0 Å². The Balaban J connectivity index is 3.22. The van der Waals surface area contributed by atoms with Gasteiger partial charge in [0.05, 0.1) is 11.1 Å². The number of carbonyl (C=O) groups excluding carboxylic acids is 1. The first-order chi connectivity index (χ1) is 6.43. The number of rotatable bonds is 2. The van der Waals surface area contributed by atoms with E-state index >= 15 is 0 Å². The number of halogens is 2. The highest BCUT2D eigenvalue weighted by molar-refractivity contribution is 6.31. The molecular formula is C10H11ClFNO. The summed E-state index contributed by atoms with van der Waals surface area (Å²) in [4.78, 5) is 11.5. The highest BCUT2D eigenvalue weighted by Gasteiger charge is 2.15. The zero-order valence-electron chi connectivity index (χ0n) is 7.97. The highest BCUT2D eigenvalue weighted by Crippen LogP contribution is 2.20. The molecule has 0 aliphatic carbocycles. The van der Waals surface area contributed by atoms with E-state index in [0.717, 1.165) is 0 Å². The molecule has 0 heterocycles. The molecule has 0 radical (unpaired) electrons. The summed E-state index contributed by atoms with van der Waals surface area (Å²) in [6.07, 6.45) is 0. The monoisotopic (exact) mass is 215 g/mol. The molecule has 0 saturated heterocycles. The predicted octanol–water partition coefficient (Wildman–Crippen LogP) is 2.32. The molecule has 0 aliphatic rings. The average molecular weight is 216 g/mol. The maximum absolute atomic E-state index is 12.9. The second kappa shape index (κ2) is 4.07. The molecule has 2 N–H and O–H groups in total. The summed E-state index contributed by atoms with van der Waals surface area (Å²) in [6.45, 7) is 3.23. The molecule has 0 aromatic heterocycles. The number of hydrogen-bond donors (Lipinski definition) is 1. The van der Waals surface area contributed by atoms with Gasteiger partial charge in [0.15, 0.2) is 5.78 Å². The molecule has 0 saturated carbocycles. The normalized spacial score (nSPS) is 12.6. The van der Waals surface area contributed by atoms with Crippen LogP contribution in [0.15, 0.2) is 12.1 Å². The fraction of sp³-hybridized carbons (Fsp3) is 0.300. The largest absolute Gasteiger partial charge is 0.321 e. The zero-order chi connectivity index (χ0) is 10.9. The van der Waals surface area contributed by atoms with Gasteiger partial charge in [-0.2, -0.15) is 0 Å². The Hall–Kier alpha value is -0.930. The topological polar surface area (TPSA) is 43.1 Å². The molecule has 0 amide bonds. The molecule has 1 rings (SSSR count). The van der Waals surface area contributed by atoms with E-state index in [2.05, 4.69) is 0 Å². The van der Waals surface area contributed by atoms with Crippen LogP contribution in [0.4, 0.5) is 4.39 Å². The molecule has 0 aliphatic heterocycles. The molecule has 4 heteroatoms. The molecule has 1 atom stereocenters. The van der Waals surface area contributed by atoms with Crippen molar-refractivity contribution in [1.82, 2.24) is 0 Å². The molecule has 0 fully saturated rings. The first kappa shape index (κ1) is 11.1. The lowest BCUT2D eigenvalue weighted by atomic mass is 10.0. The second-order valence-electron chi connectivity index (χ2n) is 3.23. The molecule has 76 valence electrons. The van der Waals surface area contributed by atoms with E-state index in [4.69, 9.17) is 17.3 Å².